The van der Waals surface area contributed by atoms with E-state index in [1.54, 1.807) is 0 Å². The number of carbonyl (C=O) groups is 1. The molecular formula is C27H26N2O2. The van der Waals surface area contributed by atoms with E-state index in [4.69, 9.17) is 4.74 Å². The van der Waals surface area contributed by atoms with Gasteiger partial charge in [0.25, 0.3) is 5.91 Å². The molecule has 0 unspecified atom stereocenters. The summed E-state index contributed by atoms with van der Waals surface area (Å²) in [6, 6.07) is 30.0. The molecule has 0 spiro atoms. The molecule has 4 heteroatoms. The molecule has 1 N–H and O–H groups in total. The lowest BCUT2D eigenvalue weighted by molar-refractivity contribution is 0.0950. The normalized spacial score (nSPS) is 10.6. The van der Waals surface area contributed by atoms with Crippen LogP contribution in [0.1, 0.15) is 28.5 Å². The molecule has 1 aromatic heterocycles. The summed E-state index contributed by atoms with van der Waals surface area (Å²) in [4.78, 5) is 13.1. The molecule has 0 aliphatic carbocycles. The number of hydrogen-bond acceptors (Lipinski definition) is 2. The molecule has 0 saturated carbocycles. The van der Waals surface area contributed by atoms with Crippen molar-refractivity contribution in [1.82, 2.24) is 9.88 Å². The Bertz CT molecular complexity index is 1150. The zero-order chi connectivity index (χ0) is 21.6. The average molecular weight is 411 g/mol. The highest BCUT2D eigenvalue weighted by Crippen LogP contribution is 2.30. The van der Waals surface area contributed by atoms with Crippen molar-refractivity contribution in [2.24, 2.45) is 0 Å². The summed E-state index contributed by atoms with van der Waals surface area (Å²) in [5.41, 5.74) is 5.66. The Morgan fingerprint density at radius 1 is 0.903 bits per heavy atom. The minimum Gasteiger partial charge on any atom is -0.494 e. The van der Waals surface area contributed by atoms with Crippen LogP contribution in [0, 0.1) is 6.92 Å². The maximum atomic E-state index is 13.1. The smallest absolute Gasteiger partial charge is 0.253 e. The first-order valence-electron chi connectivity index (χ1n) is 10.5. The third-order valence-corrected chi connectivity index (χ3v) is 5.26. The van der Waals surface area contributed by atoms with Crippen molar-refractivity contribution < 1.29 is 9.53 Å². The maximum absolute atomic E-state index is 13.1. The van der Waals surface area contributed by atoms with Gasteiger partial charge in [-0.2, -0.15) is 0 Å². The van der Waals surface area contributed by atoms with Crippen LogP contribution >= 0.6 is 0 Å². The molecule has 1 amide bonds. The lowest BCUT2D eigenvalue weighted by atomic mass is 10.1. The van der Waals surface area contributed by atoms with Gasteiger partial charge in [0.1, 0.15) is 5.75 Å². The molecule has 0 fully saturated rings. The zero-order valence-corrected chi connectivity index (χ0v) is 17.8. The van der Waals surface area contributed by atoms with E-state index in [1.807, 2.05) is 92.7 Å². The third-order valence-electron chi connectivity index (χ3n) is 5.26. The van der Waals surface area contributed by atoms with Crippen molar-refractivity contribution in [3.63, 3.8) is 0 Å². The minimum absolute atomic E-state index is 0.0804. The van der Waals surface area contributed by atoms with Crippen LogP contribution in [-0.2, 0) is 6.54 Å². The summed E-state index contributed by atoms with van der Waals surface area (Å²) in [5, 5.41) is 3.05. The first kappa shape index (κ1) is 20.5. The van der Waals surface area contributed by atoms with Gasteiger partial charge in [0.05, 0.1) is 17.9 Å². The van der Waals surface area contributed by atoms with Crippen LogP contribution < -0.4 is 10.1 Å². The molecule has 31 heavy (non-hydrogen) atoms. The second-order valence-electron chi connectivity index (χ2n) is 7.33. The minimum atomic E-state index is -0.0804. The van der Waals surface area contributed by atoms with E-state index in [2.05, 4.69) is 22.0 Å². The van der Waals surface area contributed by atoms with Gasteiger partial charge in [-0.1, -0.05) is 60.7 Å². The molecule has 3 aromatic carbocycles. The van der Waals surface area contributed by atoms with Gasteiger partial charge in [0, 0.05) is 17.9 Å². The Balaban J connectivity index is 1.71. The van der Waals surface area contributed by atoms with Crippen molar-refractivity contribution in [2.75, 3.05) is 6.61 Å². The monoisotopic (exact) mass is 410 g/mol. The summed E-state index contributed by atoms with van der Waals surface area (Å²) in [7, 11) is 0. The number of aromatic nitrogens is 1. The SMILES string of the molecule is CCOc1ccc(-n2c(-c3ccccc3)cc(C(=O)NCc3ccccc3)c2C)cc1. The van der Waals surface area contributed by atoms with Gasteiger partial charge in [0.2, 0.25) is 0 Å². The van der Waals surface area contributed by atoms with Crippen molar-refractivity contribution in [1.29, 1.82) is 0 Å². The van der Waals surface area contributed by atoms with Gasteiger partial charge < -0.3 is 14.6 Å². The number of hydrogen-bond donors (Lipinski definition) is 1. The van der Waals surface area contributed by atoms with Crippen LogP contribution in [0.25, 0.3) is 16.9 Å². The van der Waals surface area contributed by atoms with Gasteiger partial charge in [-0.3, -0.25) is 4.79 Å². The van der Waals surface area contributed by atoms with Crippen LogP contribution in [0.5, 0.6) is 5.75 Å². The molecule has 0 atom stereocenters. The van der Waals surface area contributed by atoms with Gasteiger partial charge in [-0.05, 0) is 55.3 Å². The Kier molecular flexibility index (Phi) is 6.18. The van der Waals surface area contributed by atoms with Gasteiger partial charge in [-0.15, -0.1) is 0 Å². The second-order valence-corrected chi connectivity index (χ2v) is 7.33. The Hall–Kier alpha value is -3.79. The summed E-state index contributed by atoms with van der Waals surface area (Å²) in [6.07, 6.45) is 0. The van der Waals surface area contributed by atoms with Crippen molar-refractivity contribution in [2.45, 2.75) is 20.4 Å². The summed E-state index contributed by atoms with van der Waals surface area (Å²) in [5.74, 6) is 0.751. The Morgan fingerprint density at radius 3 is 2.19 bits per heavy atom. The standard InChI is InChI=1S/C27H26N2O2/c1-3-31-24-16-14-23(15-17-24)29-20(2)25(18-26(29)22-12-8-5-9-13-22)27(30)28-19-21-10-6-4-7-11-21/h4-18H,3,19H2,1-2H3,(H,28,30). The lowest BCUT2D eigenvalue weighted by Crippen LogP contribution is -2.23. The fourth-order valence-corrected chi connectivity index (χ4v) is 3.72. The summed E-state index contributed by atoms with van der Waals surface area (Å²) < 4.78 is 7.71. The number of nitrogens with one attached hydrogen (secondary N) is 1. The molecule has 4 nitrogen and oxygen atoms in total. The van der Waals surface area contributed by atoms with E-state index in [0.29, 0.717) is 18.7 Å². The maximum Gasteiger partial charge on any atom is 0.253 e. The van der Waals surface area contributed by atoms with Crippen molar-refractivity contribution in [3.8, 4) is 22.7 Å². The molecule has 156 valence electrons. The van der Waals surface area contributed by atoms with Crippen molar-refractivity contribution in [3.05, 3.63) is 108 Å². The molecule has 0 saturated heterocycles. The predicted octanol–water partition coefficient (Wildman–Crippen LogP) is 5.78. The van der Waals surface area contributed by atoms with Crippen LogP contribution in [0.15, 0.2) is 91.0 Å². The largest absolute Gasteiger partial charge is 0.494 e. The molecule has 0 radical (unpaired) electrons. The highest BCUT2D eigenvalue weighted by atomic mass is 16.5. The van der Waals surface area contributed by atoms with E-state index in [-0.39, 0.29) is 5.91 Å². The number of amides is 1. The first-order valence-corrected chi connectivity index (χ1v) is 10.5. The van der Waals surface area contributed by atoms with Crippen LogP contribution in [0.2, 0.25) is 0 Å². The second kappa shape index (κ2) is 9.35. The fraction of sp³-hybridized carbons (Fsp3) is 0.148. The highest BCUT2D eigenvalue weighted by Gasteiger charge is 2.19. The molecular weight excluding hydrogens is 384 g/mol. The number of rotatable bonds is 7. The van der Waals surface area contributed by atoms with E-state index in [0.717, 1.165) is 34.0 Å². The number of carbonyl (C=O) groups excluding carboxylic acids is 1. The highest BCUT2D eigenvalue weighted by molar-refractivity contribution is 5.97. The number of ether oxygens (including phenoxy) is 1. The van der Waals surface area contributed by atoms with Crippen LogP contribution in [0.3, 0.4) is 0 Å². The molecule has 4 rings (SSSR count). The quantitative estimate of drug-likeness (QED) is 0.420. The predicted molar refractivity (Wildman–Crippen MR) is 125 cm³/mol. The van der Waals surface area contributed by atoms with Crippen LogP contribution in [0.4, 0.5) is 0 Å². The molecule has 0 aliphatic rings. The first-order chi connectivity index (χ1) is 15.2. The molecule has 4 aromatic rings. The van der Waals surface area contributed by atoms with Crippen molar-refractivity contribution >= 4 is 5.91 Å². The van der Waals surface area contributed by atoms with E-state index in [1.165, 1.54) is 0 Å². The molecule has 0 bridgehead atoms. The summed E-state index contributed by atoms with van der Waals surface area (Å²) >= 11 is 0. The van der Waals surface area contributed by atoms with E-state index < -0.39 is 0 Å². The number of benzene rings is 3. The Labute approximate surface area is 183 Å². The number of nitrogens with zero attached hydrogens (tertiary/aromatic N) is 1. The van der Waals surface area contributed by atoms with Gasteiger partial charge in [-0.25, -0.2) is 0 Å². The Morgan fingerprint density at radius 2 is 1.55 bits per heavy atom. The van der Waals surface area contributed by atoms with Gasteiger partial charge >= 0.3 is 0 Å². The molecule has 0 aliphatic heterocycles. The third kappa shape index (κ3) is 4.53. The van der Waals surface area contributed by atoms with E-state index >= 15 is 0 Å². The zero-order valence-electron chi connectivity index (χ0n) is 17.8. The van der Waals surface area contributed by atoms with E-state index in [9.17, 15) is 4.79 Å². The summed E-state index contributed by atoms with van der Waals surface area (Å²) in [6.45, 7) is 5.08. The van der Waals surface area contributed by atoms with Crippen LogP contribution in [-0.4, -0.2) is 17.1 Å². The van der Waals surface area contributed by atoms with Gasteiger partial charge in [0.15, 0.2) is 0 Å². The topological polar surface area (TPSA) is 43.3 Å². The molecule has 1 heterocycles. The average Bonchev–Trinajstić information content (AvgIpc) is 3.17. The lowest BCUT2D eigenvalue weighted by Gasteiger charge is -2.13. The fourth-order valence-electron chi connectivity index (χ4n) is 3.72.